The molecular formula is C9H17NO6. The van der Waals surface area contributed by atoms with Crippen molar-refractivity contribution >= 4 is 18.0 Å². The van der Waals surface area contributed by atoms with Crippen LogP contribution in [-0.4, -0.2) is 28.8 Å². The van der Waals surface area contributed by atoms with Gasteiger partial charge in [-0.3, -0.25) is 14.8 Å². The molecule has 7 nitrogen and oxygen atoms in total. The monoisotopic (exact) mass is 235 g/mol. The lowest BCUT2D eigenvalue weighted by Gasteiger charge is -2.17. The Morgan fingerprint density at radius 1 is 1.06 bits per heavy atom. The quantitative estimate of drug-likeness (QED) is 0.281. The van der Waals surface area contributed by atoms with Crippen LogP contribution in [0.4, 0.5) is 4.79 Å². The van der Waals surface area contributed by atoms with Gasteiger partial charge in [0, 0.05) is 13.8 Å². The molecule has 0 aliphatic rings. The summed E-state index contributed by atoms with van der Waals surface area (Å²) in [6.45, 7) is 7.50. The second-order valence-electron chi connectivity index (χ2n) is 3.70. The number of esters is 2. The van der Waals surface area contributed by atoms with E-state index in [0.717, 1.165) is 0 Å². The summed E-state index contributed by atoms with van der Waals surface area (Å²) in [6, 6.07) is 0. The summed E-state index contributed by atoms with van der Waals surface area (Å²) in [5, 5.41) is 7.97. The van der Waals surface area contributed by atoms with E-state index in [1.807, 2.05) is 0 Å². The number of carbonyl (C=O) groups is 3. The lowest BCUT2D eigenvalue weighted by molar-refractivity contribution is -0.156. The first-order valence-electron chi connectivity index (χ1n) is 4.40. The number of rotatable bonds is 0. The van der Waals surface area contributed by atoms with Gasteiger partial charge >= 0.3 is 18.0 Å². The zero-order chi connectivity index (χ0) is 13.4. The molecule has 0 spiro atoms. The fourth-order valence-electron chi connectivity index (χ4n) is 0.503. The van der Waals surface area contributed by atoms with Crippen molar-refractivity contribution < 1.29 is 29.1 Å². The zero-order valence-corrected chi connectivity index (χ0v) is 9.99. The first-order valence-corrected chi connectivity index (χ1v) is 4.40. The summed E-state index contributed by atoms with van der Waals surface area (Å²) in [6.07, 6.45) is -0.831. The summed E-state index contributed by atoms with van der Waals surface area (Å²) in [7, 11) is 0. The maximum Gasteiger partial charge on any atom is 0.431 e. The van der Waals surface area contributed by atoms with Crippen molar-refractivity contribution in [2.45, 2.75) is 40.2 Å². The van der Waals surface area contributed by atoms with Gasteiger partial charge in [-0.15, -0.1) is 0 Å². The Labute approximate surface area is 93.7 Å². The van der Waals surface area contributed by atoms with E-state index in [1.165, 1.54) is 19.3 Å². The van der Waals surface area contributed by atoms with Crippen molar-refractivity contribution in [3.8, 4) is 0 Å². The molecule has 7 heteroatoms. The van der Waals surface area contributed by atoms with Crippen molar-refractivity contribution in [3.63, 3.8) is 0 Å². The van der Waals surface area contributed by atoms with Gasteiger partial charge in [-0.05, 0) is 20.8 Å². The minimum atomic E-state index is -0.831. The van der Waals surface area contributed by atoms with Crippen molar-refractivity contribution in [1.29, 1.82) is 0 Å². The van der Waals surface area contributed by atoms with Gasteiger partial charge in [-0.25, -0.2) is 10.3 Å². The number of hydroxylamine groups is 1. The zero-order valence-electron chi connectivity index (χ0n) is 9.99. The molecule has 0 heterocycles. The maximum atomic E-state index is 10.2. The first kappa shape index (κ1) is 16.8. The Morgan fingerprint density at radius 3 is 1.50 bits per heavy atom. The van der Waals surface area contributed by atoms with Gasteiger partial charge in [0.15, 0.2) is 0 Å². The third kappa shape index (κ3) is 18.2. The highest BCUT2D eigenvalue weighted by molar-refractivity contribution is 5.82. The van der Waals surface area contributed by atoms with E-state index in [1.54, 1.807) is 20.8 Å². The Hall–Kier alpha value is -1.63. The third-order valence-corrected chi connectivity index (χ3v) is 0.778. The first-order chi connectivity index (χ1) is 7.08. The molecule has 0 aromatic heterocycles. The largest absolute Gasteiger partial charge is 0.442 e. The highest BCUT2D eigenvalue weighted by Crippen LogP contribution is 2.05. The molecule has 0 rings (SSSR count). The molecule has 0 saturated heterocycles. The maximum absolute atomic E-state index is 10.2. The normalized spacial score (nSPS) is 9.38. The molecule has 0 aliphatic heterocycles. The molecule has 1 amide bonds. The topological polar surface area (TPSA) is 102 Å². The highest BCUT2D eigenvalue weighted by atomic mass is 16.6. The molecule has 0 bridgehead atoms. The Kier molecular flexibility index (Phi) is 8.01. The molecule has 94 valence electrons. The second-order valence-corrected chi connectivity index (χ2v) is 3.70. The number of carbonyl (C=O) groups excluding carboxylic acids is 3. The van der Waals surface area contributed by atoms with Crippen LogP contribution in [0.25, 0.3) is 0 Å². The van der Waals surface area contributed by atoms with E-state index in [2.05, 4.69) is 9.47 Å². The standard InChI is InChI=1S/C5H11NO3.C4H6O3/c1-5(2,3)9-4(7)6-8;1-3(5)7-4(2)6/h8H,1-3H3,(H,6,7);1-2H3. The smallest absolute Gasteiger partial charge is 0.431 e. The number of nitrogens with one attached hydrogen (secondary N) is 1. The minimum absolute atomic E-state index is 0.549. The van der Waals surface area contributed by atoms with Crippen molar-refractivity contribution in [2.24, 2.45) is 0 Å². The van der Waals surface area contributed by atoms with Gasteiger partial charge in [0.2, 0.25) is 0 Å². The van der Waals surface area contributed by atoms with E-state index >= 15 is 0 Å². The van der Waals surface area contributed by atoms with Crippen LogP contribution < -0.4 is 5.48 Å². The van der Waals surface area contributed by atoms with Crippen LogP contribution in [0.1, 0.15) is 34.6 Å². The van der Waals surface area contributed by atoms with Crippen LogP contribution in [-0.2, 0) is 19.1 Å². The summed E-state index contributed by atoms with van der Waals surface area (Å²) >= 11 is 0. The molecule has 0 aromatic rings. The van der Waals surface area contributed by atoms with Crippen molar-refractivity contribution in [2.75, 3.05) is 0 Å². The molecule has 0 fully saturated rings. The average molecular weight is 235 g/mol. The fraction of sp³-hybridized carbons (Fsp3) is 0.667. The van der Waals surface area contributed by atoms with Gasteiger partial charge in [0.1, 0.15) is 5.60 Å². The van der Waals surface area contributed by atoms with E-state index in [0.29, 0.717) is 0 Å². The Morgan fingerprint density at radius 2 is 1.44 bits per heavy atom. The van der Waals surface area contributed by atoms with Crippen molar-refractivity contribution in [3.05, 3.63) is 0 Å². The third-order valence-electron chi connectivity index (χ3n) is 0.778. The van der Waals surface area contributed by atoms with Gasteiger partial charge in [0.05, 0.1) is 0 Å². The molecule has 16 heavy (non-hydrogen) atoms. The molecule has 0 radical (unpaired) electrons. The predicted octanol–water partition coefficient (Wildman–Crippen LogP) is 0.996. The van der Waals surface area contributed by atoms with Gasteiger partial charge in [-0.2, -0.15) is 0 Å². The van der Waals surface area contributed by atoms with E-state index in [-0.39, 0.29) is 0 Å². The lowest BCUT2D eigenvalue weighted by Crippen LogP contribution is -2.30. The summed E-state index contributed by atoms with van der Waals surface area (Å²) in [5.41, 5.74) is 0.812. The van der Waals surface area contributed by atoms with Crippen LogP contribution >= 0.6 is 0 Å². The fourth-order valence-corrected chi connectivity index (χ4v) is 0.503. The molecule has 0 saturated carbocycles. The molecular weight excluding hydrogens is 218 g/mol. The van der Waals surface area contributed by atoms with Crippen LogP contribution in [0.3, 0.4) is 0 Å². The Bertz CT molecular complexity index is 243. The van der Waals surface area contributed by atoms with Gasteiger partial charge < -0.3 is 9.47 Å². The lowest BCUT2D eigenvalue weighted by atomic mass is 10.2. The summed E-state index contributed by atoms with van der Waals surface area (Å²) < 4.78 is 8.56. The number of amides is 1. The second kappa shape index (κ2) is 7.63. The van der Waals surface area contributed by atoms with Crippen molar-refractivity contribution in [1.82, 2.24) is 5.48 Å². The highest BCUT2D eigenvalue weighted by Gasteiger charge is 2.14. The van der Waals surface area contributed by atoms with Crippen LogP contribution in [0.15, 0.2) is 0 Å². The van der Waals surface area contributed by atoms with Crippen LogP contribution in [0.5, 0.6) is 0 Å². The molecule has 0 atom stereocenters. The number of hydrogen-bond donors (Lipinski definition) is 2. The van der Waals surface area contributed by atoms with Crippen LogP contribution in [0, 0.1) is 0 Å². The Balaban J connectivity index is 0. The number of ether oxygens (including phenoxy) is 2. The molecule has 0 unspecified atom stereocenters. The average Bonchev–Trinajstić information content (AvgIpc) is 1.99. The number of hydrogen-bond acceptors (Lipinski definition) is 6. The SMILES string of the molecule is CC(=O)OC(C)=O.CC(C)(C)OC(=O)NO. The molecule has 0 aliphatic carbocycles. The minimum Gasteiger partial charge on any atom is -0.442 e. The predicted molar refractivity (Wildman–Crippen MR) is 53.6 cm³/mol. The van der Waals surface area contributed by atoms with E-state index < -0.39 is 23.6 Å². The summed E-state index contributed by atoms with van der Waals surface area (Å²) in [5.74, 6) is -1.12. The van der Waals surface area contributed by atoms with Gasteiger partial charge in [0.25, 0.3) is 0 Å². The molecule has 2 N–H and O–H groups in total. The van der Waals surface area contributed by atoms with Crippen LogP contribution in [0.2, 0.25) is 0 Å². The van der Waals surface area contributed by atoms with E-state index in [9.17, 15) is 14.4 Å². The summed E-state index contributed by atoms with van der Waals surface area (Å²) in [4.78, 5) is 29.9. The van der Waals surface area contributed by atoms with E-state index in [4.69, 9.17) is 5.21 Å². The molecule has 0 aromatic carbocycles. The van der Waals surface area contributed by atoms with Gasteiger partial charge in [-0.1, -0.05) is 0 Å².